The van der Waals surface area contributed by atoms with Gasteiger partial charge < -0.3 is 0 Å². The van der Waals surface area contributed by atoms with Crippen LogP contribution in [-0.4, -0.2) is 21.7 Å². The summed E-state index contributed by atoms with van der Waals surface area (Å²) in [5.41, 5.74) is 2.73. The number of carbonyl (C=O) groups excluding carboxylic acids is 2. The van der Waals surface area contributed by atoms with Gasteiger partial charge in [-0.2, -0.15) is 0 Å². The maximum absolute atomic E-state index is 13.4. The van der Waals surface area contributed by atoms with Crippen molar-refractivity contribution in [3.05, 3.63) is 107 Å². The van der Waals surface area contributed by atoms with Gasteiger partial charge in [-0.3, -0.25) is 19.5 Å². The van der Waals surface area contributed by atoms with Crippen molar-refractivity contribution in [3.63, 3.8) is 0 Å². The lowest BCUT2D eigenvalue weighted by Crippen LogP contribution is -2.30. The molecule has 0 saturated carbocycles. The number of halogens is 1. The maximum atomic E-state index is 13.4. The molecular formula is C23H17FN2O2S. The zero-order valence-corrected chi connectivity index (χ0v) is 16.2. The molecule has 0 saturated heterocycles. The topological polar surface area (TPSA) is 50.3 Å². The van der Waals surface area contributed by atoms with Crippen molar-refractivity contribution in [2.24, 2.45) is 0 Å². The first-order valence-corrected chi connectivity index (χ1v) is 10.0. The molecule has 0 fully saturated rings. The van der Waals surface area contributed by atoms with Crippen LogP contribution in [0, 0.1) is 5.82 Å². The Hall–Kier alpha value is -3.25. The third kappa shape index (κ3) is 4.12. The second-order valence-electron chi connectivity index (χ2n) is 6.54. The Labute approximate surface area is 172 Å². The zero-order valence-electron chi connectivity index (χ0n) is 15.4. The van der Waals surface area contributed by atoms with Crippen molar-refractivity contribution in [2.75, 3.05) is 0 Å². The van der Waals surface area contributed by atoms with E-state index in [1.54, 1.807) is 24.5 Å². The third-order valence-electron chi connectivity index (χ3n) is 4.57. The summed E-state index contributed by atoms with van der Waals surface area (Å²) in [5, 5.41) is 0. The molecule has 0 N–H and O–H groups in total. The number of imide groups is 1. The number of hydrogen-bond donors (Lipinski definition) is 0. The van der Waals surface area contributed by atoms with Crippen LogP contribution in [0.15, 0.2) is 84.0 Å². The molecule has 1 aliphatic heterocycles. The summed E-state index contributed by atoms with van der Waals surface area (Å²) in [7, 11) is 0. The molecule has 2 heterocycles. The number of thioether (sulfide) groups is 1. The number of carbonyl (C=O) groups is 2. The second-order valence-corrected chi connectivity index (χ2v) is 7.52. The number of benzene rings is 2. The lowest BCUT2D eigenvalue weighted by atomic mass is 10.1. The Morgan fingerprint density at radius 1 is 0.828 bits per heavy atom. The molecule has 2 amide bonds. The molecule has 4 rings (SSSR count). The Bertz CT molecular complexity index is 1070. The van der Waals surface area contributed by atoms with Crippen molar-refractivity contribution < 1.29 is 14.0 Å². The van der Waals surface area contributed by atoms with Gasteiger partial charge in [0.15, 0.2) is 0 Å². The van der Waals surface area contributed by atoms with Crippen molar-refractivity contribution in [1.82, 2.24) is 9.88 Å². The maximum Gasteiger partial charge on any atom is 0.268 e. The predicted molar refractivity (Wildman–Crippen MR) is 111 cm³/mol. The highest BCUT2D eigenvalue weighted by Gasteiger charge is 2.39. The summed E-state index contributed by atoms with van der Waals surface area (Å²) in [6.45, 7) is 0.167. The summed E-state index contributed by atoms with van der Waals surface area (Å²) in [6, 6.07) is 19.0. The first-order chi connectivity index (χ1) is 14.1. The van der Waals surface area contributed by atoms with Gasteiger partial charge in [-0.1, -0.05) is 42.5 Å². The standard InChI is InChI=1S/C23H17FN2O2S/c24-19-8-6-18(7-9-19)20-21(29-15-17-4-2-1-3-5-17)23(28)26(22(20)27)14-16-10-12-25-13-11-16/h1-13H,14-15H2. The highest BCUT2D eigenvalue weighted by atomic mass is 32.2. The van der Waals surface area contributed by atoms with E-state index in [-0.39, 0.29) is 18.4 Å². The van der Waals surface area contributed by atoms with E-state index in [4.69, 9.17) is 0 Å². The second kappa shape index (κ2) is 8.41. The molecule has 0 bridgehead atoms. The summed E-state index contributed by atoms with van der Waals surface area (Å²) < 4.78 is 13.4. The van der Waals surface area contributed by atoms with Crippen LogP contribution < -0.4 is 0 Å². The van der Waals surface area contributed by atoms with Crippen molar-refractivity contribution in [1.29, 1.82) is 0 Å². The molecule has 4 nitrogen and oxygen atoms in total. The Morgan fingerprint density at radius 3 is 2.21 bits per heavy atom. The summed E-state index contributed by atoms with van der Waals surface area (Å²) in [5.74, 6) is -0.525. The molecule has 0 unspecified atom stereocenters. The number of nitrogens with zero attached hydrogens (tertiary/aromatic N) is 2. The molecule has 1 aliphatic rings. The molecule has 0 aliphatic carbocycles. The van der Waals surface area contributed by atoms with Crippen LogP contribution in [-0.2, 0) is 21.9 Å². The molecule has 3 aromatic rings. The van der Waals surface area contributed by atoms with Gasteiger partial charge in [0.1, 0.15) is 5.82 Å². The smallest absolute Gasteiger partial charge is 0.268 e. The minimum Gasteiger partial charge on any atom is -0.269 e. The van der Waals surface area contributed by atoms with Gasteiger partial charge in [0, 0.05) is 18.1 Å². The van der Waals surface area contributed by atoms with E-state index in [9.17, 15) is 14.0 Å². The number of pyridine rings is 1. The quantitative estimate of drug-likeness (QED) is 0.570. The fraction of sp³-hybridized carbons (Fsp3) is 0.0870. The summed E-state index contributed by atoms with van der Waals surface area (Å²) >= 11 is 1.33. The van der Waals surface area contributed by atoms with E-state index in [1.807, 2.05) is 30.3 Å². The highest BCUT2D eigenvalue weighted by Crippen LogP contribution is 2.38. The van der Waals surface area contributed by atoms with Crippen LogP contribution >= 0.6 is 11.8 Å². The van der Waals surface area contributed by atoms with Gasteiger partial charge in [0.05, 0.1) is 17.0 Å². The Kier molecular flexibility index (Phi) is 5.53. The SMILES string of the molecule is O=C1C(SCc2ccccc2)=C(c2ccc(F)cc2)C(=O)N1Cc1ccncc1. The van der Waals surface area contributed by atoms with Crippen molar-refractivity contribution in [2.45, 2.75) is 12.3 Å². The van der Waals surface area contributed by atoms with Crippen molar-refractivity contribution >= 4 is 29.1 Å². The molecule has 0 radical (unpaired) electrons. The van der Waals surface area contributed by atoms with Crippen LogP contribution in [0.1, 0.15) is 16.7 Å². The number of hydrogen-bond acceptors (Lipinski definition) is 4. The highest BCUT2D eigenvalue weighted by molar-refractivity contribution is 8.03. The van der Waals surface area contributed by atoms with E-state index in [1.165, 1.54) is 40.9 Å². The minimum atomic E-state index is -0.391. The number of rotatable bonds is 6. The average Bonchev–Trinajstić information content (AvgIpc) is 2.98. The fourth-order valence-corrected chi connectivity index (χ4v) is 4.19. The van der Waals surface area contributed by atoms with Gasteiger partial charge in [-0.25, -0.2) is 4.39 Å². The fourth-order valence-electron chi connectivity index (χ4n) is 3.10. The molecule has 0 spiro atoms. The van der Waals surface area contributed by atoms with E-state index < -0.39 is 5.82 Å². The van der Waals surface area contributed by atoms with Crippen molar-refractivity contribution in [3.8, 4) is 0 Å². The molecule has 2 aromatic carbocycles. The Balaban J connectivity index is 1.67. The summed E-state index contributed by atoms with van der Waals surface area (Å²) in [6.07, 6.45) is 3.25. The van der Waals surface area contributed by atoms with Crippen LogP contribution in [0.25, 0.3) is 5.57 Å². The minimum absolute atomic E-state index is 0.167. The number of amides is 2. The number of aromatic nitrogens is 1. The van der Waals surface area contributed by atoms with E-state index >= 15 is 0 Å². The molecule has 0 atom stereocenters. The molecule has 144 valence electrons. The third-order valence-corrected chi connectivity index (χ3v) is 5.72. The van der Waals surface area contributed by atoms with Crippen LogP contribution in [0.2, 0.25) is 0 Å². The molecule has 1 aromatic heterocycles. The lowest BCUT2D eigenvalue weighted by Gasteiger charge is -2.15. The van der Waals surface area contributed by atoms with E-state index in [0.29, 0.717) is 21.8 Å². The first kappa shape index (κ1) is 19.1. The Morgan fingerprint density at radius 2 is 1.52 bits per heavy atom. The predicted octanol–water partition coefficient (Wildman–Crippen LogP) is 4.43. The molecule has 29 heavy (non-hydrogen) atoms. The average molecular weight is 404 g/mol. The largest absolute Gasteiger partial charge is 0.269 e. The van der Waals surface area contributed by atoms with Crippen LogP contribution in [0.4, 0.5) is 4.39 Å². The summed E-state index contributed by atoms with van der Waals surface area (Å²) in [4.78, 5) is 31.9. The molecule has 6 heteroatoms. The van der Waals surface area contributed by atoms with E-state index in [2.05, 4.69) is 4.98 Å². The lowest BCUT2D eigenvalue weighted by molar-refractivity contribution is -0.137. The first-order valence-electron chi connectivity index (χ1n) is 9.05. The van der Waals surface area contributed by atoms with E-state index in [0.717, 1.165) is 11.1 Å². The molecular weight excluding hydrogens is 387 g/mol. The van der Waals surface area contributed by atoms with Crippen LogP contribution in [0.3, 0.4) is 0 Å². The van der Waals surface area contributed by atoms with Crippen LogP contribution in [0.5, 0.6) is 0 Å². The van der Waals surface area contributed by atoms with Gasteiger partial charge in [-0.05, 0) is 41.0 Å². The monoisotopic (exact) mass is 404 g/mol. The van der Waals surface area contributed by atoms with Gasteiger partial charge in [0.2, 0.25) is 0 Å². The van der Waals surface area contributed by atoms with Gasteiger partial charge in [0.25, 0.3) is 11.8 Å². The van der Waals surface area contributed by atoms with Gasteiger partial charge in [-0.15, -0.1) is 11.8 Å². The van der Waals surface area contributed by atoms with Gasteiger partial charge >= 0.3 is 0 Å². The normalized spacial score (nSPS) is 14.0. The zero-order chi connectivity index (χ0) is 20.2.